The summed E-state index contributed by atoms with van der Waals surface area (Å²) in [5, 5.41) is 7.59. The van der Waals surface area contributed by atoms with E-state index in [0.29, 0.717) is 28.8 Å². The van der Waals surface area contributed by atoms with Crippen LogP contribution in [0.15, 0.2) is 42.6 Å². The van der Waals surface area contributed by atoms with E-state index in [1.807, 2.05) is 20.8 Å². The molecule has 2 aliphatic rings. The van der Waals surface area contributed by atoms with Gasteiger partial charge in [0.25, 0.3) is 0 Å². The number of carbonyl (C=O) groups is 2. The molecule has 2 aliphatic heterocycles. The maximum atomic E-state index is 14.6. The van der Waals surface area contributed by atoms with Crippen LogP contribution in [0.2, 0.25) is 0 Å². The van der Waals surface area contributed by atoms with E-state index in [0.717, 1.165) is 12.8 Å². The van der Waals surface area contributed by atoms with Crippen LogP contribution in [0, 0.1) is 18.2 Å². The van der Waals surface area contributed by atoms with Gasteiger partial charge in [0.1, 0.15) is 23.7 Å². The summed E-state index contributed by atoms with van der Waals surface area (Å²) in [7, 11) is 1.37. The molecule has 2 saturated heterocycles. The average Bonchev–Trinajstić information content (AvgIpc) is 3.60. The van der Waals surface area contributed by atoms with Gasteiger partial charge in [-0.15, -0.1) is 0 Å². The number of nitrogens with one attached hydrogen (secondary N) is 1. The molecule has 0 saturated carbocycles. The second-order valence-electron chi connectivity index (χ2n) is 11.3. The van der Waals surface area contributed by atoms with E-state index in [9.17, 15) is 18.4 Å². The highest BCUT2D eigenvalue weighted by atomic mass is 19.1. The predicted molar refractivity (Wildman–Crippen MR) is 147 cm³/mol. The van der Waals surface area contributed by atoms with Gasteiger partial charge in [0.05, 0.1) is 25.8 Å². The van der Waals surface area contributed by atoms with E-state index < -0.39 is 17.2 Å². The lowest BCUT2D eigenvalue weighted by atomic mass is 9.95. The largest absolute Gasteiger partial charge is 0.494 e. The Morgan fingerprint density at radius 1 is 1.12 bits per heavy atom. The molecule has 5 rings (SSSR count). The molecule has 41 heavy (non-hydrogen) atoms. The molecule has 9 nitrogen and oxygen atoms in total. The van der Waals surface area contributed by atoms with Gasteiger partial charge in [-0.3, -0.25) is 9.48 Å². The SMILES string of the molecule is [C-]#[N+]c1ccc(-c2nn(CC(=O)NC3CC4CCC3N4C(=O)OC(C)(C)C)cc2-c2ccc(OC)c(F)c2)cc1F. The van der Waals surface area contributed by atoms with Crippen LogP contribution in [0.25, 0.3) is 27.2 Å². The highest BCUT2D eigenvalue weighted by Gasteiger charge is 2.50. The number of fused-ring (bicyclic) bond motifs is 2. The third-order valence-electron chi connectivity index (χ3n) is 7.36. The topological polar surface area (TPSA) is 90.1 Å². The molecule has 0 spiro atoms. The van der Waals surface area contributed by atoms with Crippen LogP contribution in [0.3, 0.4) is 0 Å². The van der Waals surface area contributed by atoms with Gasteiger partial charge < -0.3 is 19.7 Å². The molecule has 3 heterocycles. The van der Waals surface area contributed by atoms with Crippen LogP contribution in [0.1, 0.15) is 40.0 Å². The van der Waals surface area contributed by atoms with Gasteiger partial charge in [0.15, 0.2) is 11.6 Å². The van der Waals surface area contributed by atoms with Crippen molar-refractivity contribution in [2.45, 2.75) is 70.3 Å². The third-order valence-corrected chi connectivity index (χ3v) is 7.36. The summed E-state index contributed by atoms with van der Waals surface area (Å²) in [5.74, 6) is -1.52. The summed E-state index contributed by atoms with van der Waals surface area (Å²) in [6.45, 7) is 12.4. The second kappa shape index (κ2) is 10.8. The van der Waals surface area contributed by atoms with E-state index in [2.05, 4.69) is 15.3 Å². The van der Waals surface area contributed by atoms with Gasteiger partial charge in [-0.2, -0.15) is 5.10 Å². The summed E-state index contributed by atoms with van der Waals surface area (Å²) in [4.78, 5) is 30.8. The highest BCUT2D eigenvalue weighted by Crippen LogP contribution is 2.39. The Hall–Kier alpha value is -4.46. The minimum Gasteiger partial charge on any atom is -0.494 e. The molecule has 2 fully saturated rings. The van der Waals surface area contributed by atoms with E-state index in [1.54, 1.807) is 23.2 Å². The molecule has 214 valence electrons. The predicted octanol–water partition coefficient (Wildman–Crippen LogP) is 5.71. The zero-order valence-corrected chi connectivity index (χ0v) is 23.3. The molecule has 2 amide bonds. The third kappa shape index (κ3) is 5.73. The molecule has 3 atom stereocenters. The van der Waals surface area contributed by atoms with E-state index in [-0.39, 0.29) is 48.1 Å². The maximum absolute atomic E-state index is 14.6. The number of hydrogen-bond donors (Lipinski definition) is 1. The fraction of sp³-hybridized carbons (Fsp3) is 0.400. The Labute approximate surface area is 236 Å². The lowest BCUT2D eigenvalue weighted by Gasteiger charge is -2.28. The molecule has 1 N–H and O–H groups in total. The molecule has 3 aromatic rings. The van der Waals surface area contributed by atoms with Crippen molar-refractivity contribution in [1.29, 1.82) is 0 Å². The number of methoxy groups -OCH3 is 1. The maximum Gasteiger partial charge on any atom is 0.410 e. The highest BCUT2D eigenvalue weighted by molar-refractivity contribution is 5.82. The number of halogens is 2. The van der Waals surface area contributed by atoms with Crippen molar-refractivity contribution in [3.05, 3.63) is 65.6 Å². The summed E-state index contributed by atoms with van der Waals surface area (Å²) >= 11 is 0. The van der Waals surface area contributed by atoms with Crippen LogP contribution < -0.4 is 10.1 Å². The van der Waals surface area contributed by atoms with Crippen LogP contribution in [-0.2, 0) is 16.1 Å². The second-order valence-corrected chi connectivity index (χ2v) is 11.3. The molecule has 0 radical (unpaired) electrons. The van der Waals surface area contributed by atoms with E-state index in [4.69, 9.17) is 16.0 Å². The van der Waals surface area contributed by atoms with Gasteiger partial charge in [-0.1, -0.05) is 18.2 Å². The molecule has 11 heteroatoms. The first kappa shape index (κ1) is 28.1. The van der Waals surface area contributed by atoms with Crippen LogP contribution in [-0.4, -0.2) is 57.5 Å². The van der Waals surface area contributed by atoms with Gasteiger partial charge in [-0.05, 0) is 63.8 Å². The van der Waals surface area contributed by atoms with Crippen molar-refractivity contribution in [2.75, 3.05) is 7.11 Å². The minimum absolute atomic E-state index is 0.0151. The summed E-state index contributed by atoms with van der Waals surface area (Å²) in [5.41, 5.74) is 0.900. The monoisotopic (exact) mass is 563 g/mol. The van der Waals surface area contributed by atoms with Crippen molar-refractivity contribution < 1.29 is 27.8 Å². The lowest BCUT2D eigenvalue weighted by molar-refractivity contribution is -0.122. The average molecular weight is 564 g/mol. The first-order chi connectivity index (χ1) is 19.5. The lowest BCUT2D eigenvalue weighted by Crippen LogP contribution is -2.47. The Morgan fingerprint density at radius 3 is 2.51 bits per heavy atom. The molecule has 3 unspecified atom stereocenters. The fourth-order valence-corrected chi connectivity index (χ4v) is 5.65. The molecule has 0 aliphatic carbocycles. The number of aromatic nitrogens is 2. The summed E-state index contributed by atoms with van der Waals surface area (Å²) < 4.78 is 41.1. The van der Waals surface area contributed by atoms with Crippen LogP contribution >= 0.6 is 0 Å². The first-order valence-corrected chi connectivity index (χ1v) is 13.4. The van der Waals surface area contributed by atoms with Gasteiger partial charge in [-0.25, -0.2) is 18.4 Å². The zero-order chi connectivity index (χ0) is 29.5. The van der Waals surface area contributed by atoms with Gasteiger partial charge in [0.2, 0.25) is 11.6 Å². The smallest absolute Gasteiger partial charge is 0.410 e. The number of nitrogens with zero attached hydrogens (tertiary/aromatic N) is 4. The van der Waals surface area contributed by atoms with Crippen molar-refractivity contribution in [1.82, 2.24) is 20.0 Å². The standard InChI is InChI=1S/C30H31F2N5O4/c1-30(2,3)41-29(39)37-19-8-10-25(37)24(14-19)34-27(38)16-36-15-20(17-7-11-26(40-5)22(32)12-17)28(35-36)18-6-9-23(33-4)21(31)13-18/h6-7,9,11-13,15,19,24-25H,8,10,14,16H2,1-3,5H3,(H,34,38). The molecule has 2 bridgehead atoms. The quantitative estimate of drug-likeness (QED) is 0.388. The number of carbonyl (C=O) groups excluding carboxylic acids is 2. The number of rotatable bonds is 6. The van der Waals surface area contributed by atoms with Crippen LogP contribution in [0.4, 0.5) is 19.3 Å². The Kier molecular flexibility index (Phi) is 7.43. The first-order valence-electron chi connectivity index (χ1n) is 13.4. The van der Waals surface area contributed by atoms with E-state index in [1.165, 1.54) is 36.1 Å². The number of hydrogen-bond acceptors (Lipinski definition) is 5. The number of amides is 2. The van der Waals surface area contributed by atoms with Crippen molar-refractivity contribution in [2.24, 2.45) is 0 Å². The van der Waals surface area contributed by atoms with Crippen LogP contribution in [0.5, 0.6) is 5.75 Å². The van der Waals surface area contributed by atoms with Crippen molar-refractivity contribution >= 4 is 17.7 Å². The molecular formula is C30H31F2N5O4. The van der Waals surface area contributed by atoms with E-state index >= 15 is 0 Å². The molecule has 1 aromatic heterocycles. The molecular weight excluding hydrogens is 532 g/mol. The number of ether oxygens (including phenoxy) is 2. The van der Waals surface area contributed by atoms with Crippen molar-refractivity contribution in [3.63, 3.8) is 0 Å². The fourth-order valence-electron chi connectivity index (χ4n) is 5.65. The summed E-state index contributed by atoms with van der Waals surface area (Å²) in [6.07, 6.45) is 3.52. The zero-order valence-electron chi connectivity index (χ0n) is 23.3. The number of benzene rings is 2. The Balaban J connectivity index is 1.38. The van der Waals surface area contributed by atoms with Crippen molar-refractivity contribution in [3.8, 4) is 28.1 Å². The van der Waals surface area contributed by atoms with Gasteiger partial charge in [0, 0.05) is 23.4 Å². The Morgan fingerprint density at radius 2 is 1.85 bits per heavy atom. The summed E-state index contributed by atoms with van der Waals surface area (Å²) in [6, 6.07) is 8.19. The minimum atomic E-state index is -0.706. The normalized spacial score (nSPS) is 19.6. The Bertz CT molecular complexity index is 1540. The molecule has 2 aromatic carbocycles. The van der Waals surface area contributed by atoms with Gasteiger partial charge >= 0.3 is 6.09 Å².